The molecule has 0 saturated heterocycles. The summed E-state index contributed by atoms with van der Waals surface area (Å²) in [7, 11) is 0. The van der Waals surface area contributed by atoms with Gasteiger partial charge < -0.3 is 4.74 Å². The van der Waals surface area contributed by atoms with Crippen LogP contribution in [0.2, 0.25) is 0 Å². The lowest BCUT2D eigenvalue weighted by Crippen LogP contribution is -2.04. The molecule has 13 heavy (non-hydrogen) atoms. The van der Waals surface area contributed by atoms with E-state index in [1.165, 1.54) is 11.3 Å². The summed E-state index contributed by atoms with van der Waals surface area (Å²) in [5.74, 6) is -0.227. The van der Waals surface area contributed by atoms with E-state index in [1.54, 1.807) is 0 Å². The number of ether oxygens (including phenoxy) is 1. The minimum atomic E-state index is -0.227. The molecule has 1 aromatic heterocycles. The van der Waals surface area contributed by atoms with Gasteiger partial charge in [-0.3, -0.25) is 0 Å². The van der Waals surface area contributed by atoms with E-state index in [9.17, 15) is 4.79 Å². The molecule has 0 radical (unpaired) electrons. The van der Waals surface area contributed by atoms with Crippen molar-refractivity contribution >= 4 is 33.2 Å². The Hall–Kier alpha value is -0.350. The molecule has 1 rings (SSSR count). The Morgan fingerprint density at radius 3 is 3.00 bits per heavy atom. The van der Waals surface area contributed by atoms with Gasteiger partial charge in [0.25, 0.3) is 0 Å². The molecule has 1 aromatic rings. The molecule has 0 unspecified atom stereocenters. The number of carbonyl (C=O) groups is 1. The maximum absolute atomic E-state index is 11.4. The van der Waals surface area contributed by atoms with Gasteiger partial charge in [-0.2, -0.15) is 0 Å². The first kappa shape index (κ1) is 10.7. The van der Waals surface area contributed by atoms with Gasteiger partial charge in [-0.1, -0.05) is 13.3 Å². The van der Waals surface area contributed by atoms with Crippen LogP contribution in [0.3, 0.4) is 0 Å². The van der Waals surface area contributed by atoms with E-state index in [2.05, 4.69) is 22.9 Å². The lowest BCUT2D eigenvalue weighted by atomic mass is 10.4. The normalized spacial score (nSPS) is 10.0. The van der Waals surface area contributed by atoms with Crippen LogP contribution in [-0.2, 0) is 4.74 Å². The Morgan fingerprint density at radius 2 is 2.46 bits per heavy atom. The predicted octanol–water partition coefficient (Wildman–Crippen LogP) is 3.47. The smallest absolute Gasteiger partial charge is 0.349 e. The molecule has 4 heteroatoms. The average Bonchev–Trinajstić information content (AvgIpc) is 2.52. The third kappa shape index (κ3) is 3.12. The van der Waals surface area contributed by atoms with E-state index >= 15 is 0 Å². The first-order chi connectivity index (χ1) is 6.25. The summed E-state index contributed by atoms with van der Waals surface area (Å²) in [5.41, 5.74) is 0. The van der Waals surface area contributed by atoms with Gasteiger partial charge in [0, 0.05) is 4.47 Å². The molecule has 0 amide bonds. The van der Waals surface area contributed by atoms with Gasteiger partial charge in [0.05, 0.1) is 6.61 Å². The lowest BCUT2D eigenvalue weighted by molar-refractivity contribution is 0.0504. The highest BCUT2D eigenvalue weighted by molar-refractivity contribution is 9.10. The van der Waals surface area contributed by atoms with Crippen molar-refractivity contribution in [1.82, 2.24) is 0 Å². The van der Waals surface area contributed by atoms with Crippen molar-refractivity contribution in [3.8, 4) is 0 Å². The highest BCUT2D eigenvalue weighted by Crippen LogP contribution is 2.23. The number of esters is 1. The zero-order chi connectivity index (χ0) is 9.68. The fourth-order valence-electron chi connectivity index (χ4n) is 0.814. The van der Waals surface area contributed by atoms with Crippen LogP contribution in [0, 0.1) is 0 Å². The van der Waals surface area contributed by atoms with Crippen molar-refractivity contribution < 1.29 is 9.53 Å². The number of thiophene rings is 1. The van der Waals surface area contributed by atoms with E-state index in [4.69, 9.17) is 4.74 Å². The van der Waals surface area contributed by atoms with Gasteiger partial charge in [-0.05, 0) is 33.8 Å². The van der Waals surface area contributed by atoms with Crippen LogP contribution >= 0.6 is 27.3 Å². The Morgan fingerprint density at radius 1 is 1.69 bits per heavy atom. The van der Waals surface area contributed by atoms with Crippen molar-refractivity contribution in [3.63, 3.8) is 0 Å². The fraction of sp³-hybridized carbons (Fsp3) is 0.444. The third-order valence-corrected chi connectivity index (χ3v) is 3.35. The molecule has 0 atom stereocenters. The molecule has 0 fully saturated rings. The van der Waals surface area contributed by atoms with Crippen LogP contribution < -0.4 is 0 Å². The third-order valence-electron chi connectivity index (χ3n) is 1.53. The van der Waals surface area contributed by atoms with Gasteiger partial charge in [-0.15, -0.1) is 11.3 Å². The zero-order valence-corrected chi connectivity index (χ0v) is 9.78. The SMILES string of the molecule is CCCCOC(=O)c1sccc1Br. The molecule has 0 bridgehead atoms. The van der Waals surface area contributed by atoms with Crippen LogP contribution in [0.1, 0.15) is 29.4 Å². The Balaban J connectivity index is 2.45. The molecule has 0 saturated carbocycles. The Bertz CT molecular complexity index is 283. The van der Waals surface area contributed by atoms with Gasteiger partial charge in [0.15, 0.2) is 0 Å². The minimum absolute atomic E-state index is 0.227. The summed E-state index contributed by atoms with van der Waals surface area (Å²) in [6.07, 6.45) is 1.97. The molecular weight excluding hydrogens is 252 g/mol. The maximum atomic E-state index is 11.4. The molecule has 72 valence electrons. The highest BCUT2D eigenvalue weighted by atomic mass is 79.9. The zero-order valence-electron chi connectivity index (χ0n) is 7.38. The monoisotopic (exact) mass is 262 g/mol. The summed E-state index contributed by atoms with van der Waals surface area (Å²) >= 11 is 4.68. The fourth-order valence-corrected chi connectivity index (χ4v) is 2.24. The van der Waals surface area contributed by atoms with Gasteiger partial charge in [0.2, 0.25) is 0 Å². The lowest BCUT2D eigenvalue weighted by Gasteiger charge is -2.01. The van der Waals surface area contributed by atoms with Gasteiger partial charge in [0.1, 0.15) is 4.88 Å². The highest BCUT2D eigenvalue weighted by Gasteiger charge is 2.11. The number of carbonyl (C=O) groups excluding carboxylic acids is 1. The molecule has 1 heterocycles. The van der Waals surface area contributed by atoms with Crippen molar-refractivity contribution in [2.45, 2.75) is 19.8 Å². The maximum Gasteiger partial charge on any atom is 0.349 e. The van der Waals surface area contributed by atoms with E-state index < -0.39 is 0 Å². The van der Waals surface area contributed by atoms with Gasteiger partial charge >= 0.3 is 5.97 Å². The summed E-state index contributed by atoms with van der Waals surface area (Å²) in [6, 6.07) is 1.85. The number of halogens is 1. The van der Waals surface area contributed by atoms with Crippen molar-refractivity contribution in [1.29, 1.82) is 0 Å². The molecule has 0 aliphatic heterocycles. The van der Waals surface area contributed by atoms with Crippen molar-refractivity contribution in [3.05, 3.63) is 20.8 Å². The van der Waals surface area contributed by atoms with Crippen molar-refractivity contribution in [2.75, 3.05) is 6.61 Å². The molecule has 0 spiro atoms. The number of hydrogen-bond acceptors (Lipinski definition) is 3. The molecule has 0 N–H and O–H groups in total. The van der Waals surface area contributed by atoms with Crippen LogP contribution in [0.15, 0.2) is 15.9 Å². The predicted molar refractivity (Wildman–Crippen MR) is 57.2 cm³/mol. The van der Waals surface area contributed by atoms with E-state index in [0.717, 1.165) is 17.3 Å². The summed E-state index contributed by atoms with van der Waals surface area (Å²) in [5, 5.41) is 1.86. The number of rotatable bonds is 4. The Labute approximate surface area is 90.0 Å². The molecular formula is C9H11BrO2S. The van der Waals surface area contributed by atoms with Crippen LogP contribution in [-0.4, -0.2) is 12.6 Å². The quantitative estimate of drug-likeness (QED) is 0.614. The van der Waals surface area contributed by atoms with Crippen LogP contribution in [0.4, 0.5) is 0 Å². The molecule has 0 aliphatic carbocycles. The second-order valence-corrected chi connectivity index (χ2v) is 4.36. The number of hydrogen-bond donors (Lipinski definition) is 0. The van der Waals surface area contributed by atoms with Crippen LogP contribution in [0.25, 0.3) is 0 Å². The van der Waals surface area contributed by atoms with Gasteiger partial charge in [-0.25, -0.2) is 4.79 Å². The van der Waals surface area contributed by atoms with E-state index in [0.29, 0.717) is 11.5 Å². The molecule has 0 aromatic carbocycles. The summed E-state index contributed by atoms with van der Waals surface area (Å²) < 4.78 is 5.87. The summed E-state index contributed by atoms with van der Waals surface area (Å²) in [6.45, 7) is 2.58. The first-order valence-electron chi connectivity index (χ1n) is 4.15. The average molecular weight is 263 g/mol. The van der Waals surface area contributed by atoms with E-state index in [1.807, 2.05) is 11.4 Å². The second kappa shape index (κ2) is 5.40. The van der Waals surface area contributed by atoms with E-state index in [-0.39, 0.29) is 5.97 Å². The largest absolute Gasteiger partial charge is 0.461 e. The minimum Gasteiger partial charge on any atom is -0.461 e. The second-order valence-electron chi connectivity index (χ2n) is 2.59. The molecule has 2 nitrogen and oxygen atoms in total. The number of unbranched alkanes of at least 4 members (excludes halogenated alkanes) is 1. The Kier molecular flexibility index (Phi) is 4.45. The molecule has 0 aliphatic rings. The van der Waals surface area contributed by atoms with Crippen molar-refractivity contribution in [2.24, 2.45) is 0 Å². The first-order valence-corrected chi connectivity index (χ1v) is 5.83. The standard InChI is InChI=1S/C9H11BrO2S/c1-2-3-5-12-9(11)8-7(10)4-6-13-8/h4,6H,2-3,5H2,1H3. The topological polar surface area (TPSA) is 26.3 Å². The summed E-state index contributed by atoms with van der Waals surface area (Å²) in [4.78, 5) is 12.0. The van der Waals surface area contributed by atoms with Crippen LogP contribution in [0.5, 0.6) is 0 Å².